The fourth-order valence-electron chi connectivity index (χ4n) is 2.01. The normalized spacial score (nSPS) is 17.2. The zero-order chi connectivity index (χ0) is 14.9. The average molecular weight is 327 g/mol. The summed E-state index contributed by atoms with van der Waals surface area (Å²) in [6.45, 7) is 2.09. The Morgan fingerprint density at radius 3 is 2.33 bits per heavy atom. The number of carboxylic acids is 1. The van der Waals surface area contributed by atoms with Crippen molar-refractivity contribution in [2.45, 2.75) is 4.90 Å². The number of likely N-dealkylation sites (N-methyl/N-ethyl adjacent to an activating group) is 1. The topological polar surface area (TPSA) is 77.9 Å². The number of piperazine rings is 1. The number of sulfonamides is 1. The molecule has 1 aliphatic rings. The van der Waals surface area contributed by atoms with Crippen molar-refractivity contribution in [3.8, 4) is 0 Å². The van der Waals surface area contributed by atoms with E-state index in [9.17, 15) is 13.2 Å². The molecule has 0 atom stereocenters. The summed E-state index contributed by atoms with van der Waals surface area (Å²) in [7, 11) is -1.75. The molecule has 0 aromatic heterocycles. The Morgan fingerprint density at radius 2 is 1.81 bits per heavy atom. The average Bonchev–Trinajstić information content (AvgIpc) is 2.39. The molecule has 0 radical (unpaired) electrons. The van der Waals surface area contributed by atoms with Gasteiger partial charge in [0, 0.05) is 26.2 Å². The molecule has 1 aliphatic heterocycles. The maximum atomic E-state index is 12.5. The Bertz CT molecular complexity index is 630. The van der Waals surface area contributed by atoms with Crippen molar-refractivity contribution < 1.29 is 18.3 Å². The zero-order valence-electron chi connectivity index (χ0n) is 10.9. The molecule has 21 heavy (non-hydrogen) atoms. The number of benzene rings is 1. The number of aromatic carboxylic acids is 1. The van der Waals surface area contributed by atoms with E-state index in [2.05, 4.69) is 0 Å². The summed E-state index contributed by atoms with van der Waals surface area (Å²) in [6.07, 6.45) is 0. The van der Waals surface area contributed by atoms with E-state index in [1.165, 1.54) is 16.4 Å². The van der Waals surface area contributed by atoms with E-state index in [1.54, 1.807) is 0 Å². The third-order valence-corrected chi connectivity index (χ3v) is 5.49. The molecule has 9 heteroatoms. The van der Waals surface area contributed by atoms with Crippen molar-refractivity contribution in [3.05, 3.63) is 28.8 Å². The van der Waals surface area contributed by atoms with Crippen LogP contribution in [-0.4, -0.2) is 80.8 Å². The quantitative estimate of drug-likeness (QED) is 0.810. The van der Waals surface area contributed by atoms with Gasteiger partial charge in [0.1, 0.15) is 0 Å². The minimum atomic E-state index is -3.67. The zero-order valence-corrected chi connectivity index (χ0v) is 12.5. The first kappa shape index (κ1) is 18.5. The number of carboxylic acid groups (broad SMARTS) is 1. The fraction of sp³-hybridized carbons (Fsp3) is 0.417. The van der Waals surface area contributed by atoms with E-state index in [1.807, 2.05) is 11.9 Å². The molecule has 0 aliphatic carbocycles. The van der Waals surface area contributed by atoms with Gasteiger partial charge in [-0.15, -0.1) is 0 Å². The first-order valence-corrected chi connectivity index (χ1v) is 7.85. The van der Waals surface area contributed by atoms with Crippen molar-refractivity contribution in [1.82, 2.24) is 9.21 Å². The van der Waals surface area contributed by atoms with Gasteiger partial charge in [0.2, 0.25) is 10.0 Å². The summed E-state index contributed by atoms with van der Waals surface area (Å²) < 4.78 is 26.3. The second kappa shape index (κ2) is 7.14. The fourth-order valence-corrected chi connectivity index (χ4v) is 3.65. The van der Waals surface area contributed by atoms with Crippen LogP contribution in [0.5, 0.6) is 0 Å². The standard InChI is InChI=1S/C12H15ClN2O4S.Li.H/c1-14-4-6-15(7-5-14)20(18,19)9-2-3-11(13)10(8-9)12(16)17;;/h2-3,8H,4-7H2,1H3,(H,16,17);;. The molecule has 0 amide bonds. The third-order valence-electron chi connectivity index (χ3n) is 3.27. The Morgan fingerprint density at radius 1 is 1.24 bits per heavy atom. The van der Waals surface area contributed by atoms with Crippen LogP contribution >= 0.6 is 11.6 Å². The second-order valence-electron chi connectivity index (χ2n) is 4.65. The van der Waals surface area contributed by atoms with Gasteiger partial charge in [-0.1, -0.05) is 11.6 Å². The molecular formula is C12H16ClLiN2O4S. The summed E-state index contributed by atoms with van der Waals surface area (Å²) in [6, 6.07) is 3.74. The maximum absolute atomic E-state index is 12.5. The van der Waals surface area contributed by atoms with Crippen molar-refractivity contribution in [2.75, 3.05) is 33.2 Å². The van der Waals surface area contributed by atoms with Crippen LogP contribution in [-0.2, 0) is 10.0 Å². The molecule has 1 aromatic carbocycles. The van der Waals surface area contributed by atoms with Gasteiger partial charge in [0.25, 0.3) is 0 Å². The first-order chi connectivity index (χ1) is 9.32. The summed E-state index contributed by atoms with van der Waals surface area (Å²) in [4.78, 5) is 13.0. The van der Waals surface area contributed by atoms with Crippen LogP contribution in [0, 0.1) is 0 Å². The molecule has 1 fully saturated rings. The number of hydrogen-bond acceptors (Lipinski definition) is 4. The predicted octanol–water partition coefficient (Wildman–Crippen LogP) is 0.326. The molecule has 1 saturated heterocycles. The van der Waals surface area contributed by atoms with E-state index in [4.69, 9.17) is 16.7 Å². The van der Waals surface area contributed by atoms with Gasteiger partial charge < -0.3 is 10.0 Å². The predicted molar refractivity (Wildman–Crippen MR) is 81.8 cm³/mol. The molecule has 2 rings (SSSR count). The molecule has 0 spiro atoms. The number of hydrogen-bond donors (Lipinski definition) is 1. The van der Waals surface area contributed by atoms with Gasteiger partial charge in [-0.05, 0) is 25.2 Å². The number of carbonyl (C=O) groups is 1. The third kappa shape index (κ3) is 4.00. The van der Waals surface area contributed by atoms with Crippen LogP contribution in [0.1, 0.15) is 10.4 Å². The van der Waals surface area contributed by atoms with Crippen LogP contribution in [0.25, 0.3) is 0 Å². The van der Waals surface area contributed by atoms with Crippen molar-refractivity contribution >= 4 is 46.5 Å². The van der Waals surface area contributed by atoms with Crippen molar-refractivity contribution in [1.29, 1.82) is 0 Å². The number of rotatable bonds is 3. The summed E-state index contributed by atoms with van der Waals surface area (Å²) in [5.74, 6) is -1.24. The monoisotopic (exact) mass is 326 g/mol. The van der Waals surface area contributed by atoms with Gasteiger partial charge >= 0.3 is 24.8 Å². The molecule has 112 valence electrons. The Labute approximate surface area is 140 Å². The van der Waals surface area contributed by atoms with Gasteiger partial charge in [-0.25, -0.2) is 13.2 Å². The molecule has 0 saturated carbocycles. The van der Waals surface area contributed by atoms with E-state index in [0.717, 1.165) is 6.07 Å². The number of halogens is 1. The van der Waals surface area contributed by atoms with Crippen LogP contribution in [0.15, 0.2) is 23.1 Å². The SMILES string of the molecule is CN1CCN(S(=O)(=O)c2ccc(Cl)c(C(=O)O)c2)CC1.[LiH]. The Balaban J connectivity index is 0.00000220. The molecule has 0 unspecified atom stereocenters. The van der Waals surface area contributed by atoms with E-state index in [0.29, 0.717) is 26.2 Å². The van der Waals surface area contributed by atoms with Crippen LogP contribution in [0.3, 0.4) is 0 Å². The molecule has 1 heterocycles. The first-order valence-electron chi connectivity index (χ1n) is 6.04. The second-order valence-corrected chi connectivity index (χ2v) is 7.00. The molecule has 6 nitrogen and oxygen atoms in total. The number of nitrogens with zero attached hydrogens (tertiary/aromatic N) is 2. The molecule has 1 N–H and O–H groups in total. The summed E-state index contributed by atoms with van der Waals surface area (Å²) in [5, 5.41) is 9.02. The molecule has 0 bridgehead atoms. The van der Waals surface area contributed by atoms with Crippen LogP contribution < -0.4 is 0 Å². The Hall–Kier alpha value is -0.553. The molecule has 1 aromatic rings. The minimum absolute atomic E-state index is 0. The van der Waals surface area contributed by atoms with E-state index in [-0.39, 0.29) is 34.3 Å². The van der Waals surface area contributed by atoms with Gasteiger partial charge in [0.05, 0.1) is 15.5 Å². The van der Waals surface area contributed by atoms with Crippen LogP contribution in [0.4, 0.5) is 0 Å². The van der Waals surface area contributed by atoms with Gasteiger partial charge in [-0.3, -0.25) is 0 Å². The van der Waals surface area contributed by atoms with Crippen molar-refractivity contribution in [2.24, 2.45) is 0 Å². The van der Waals surface area contributed by atoms with Crippen LogP contribution in [0.2, 0.25) is 5.02 Å². The van der Waals surface area contributed by atoms with E-state index < -0.39 is 16.0 Å². The molecular weight excluding hydrogens is 311 g/mol. The summed E-state index contributed by atoms with van der Waals surface area (Å²) >= 11 is 5.75. The van der Waals surface area contributed by atoms with Gasteiger partial charge in [0.15, 0.2) is 0 Å². The van der Waals surface area contributed by atoms with Crippen molar-refractivity contribution in [3.63, 3.8) is 0 Å². The summed E-state index contributed by atoms with van der Waals surface area (Å²) in [5.41, 5.74) is -0.207. The van der Waals surface area contributed by atoms with E-state index >= 15 is 0 Å². The van der Waals surface area contributed by atoms with Gasteiger partial charge in [-0.2, -0.15) is 4.31 Å². The Kier molecular flexibility index (Phi) is 6.29.